The number of carbonyl (C=O) groups excluding carboxylic acids is 2. The van der Waals surface area contributed by atoms with Crippen molar-refractivity contribution in [2.24, 2.45) is 0 Å². The third-order valence-electron chi connectivity index (χ3n) is 6.37. The van der Waals surface area contributed by atoms with Crippen LogP contribution in [0.25, 0.3) is 0 Å². The minimum absolute atomic E-state index is 0.0790. The van der Waals surface area contributed by atoms with Gasteiger partial charge < -0.3 is 10.2 Å². The summed E-state index contributed by atoms with van der Waals surface area (Å²) in [6.07, 6.45) is 1.95. The number of rotatable bonds is 12. The highest BCUT2D eigenvalue weighted by Crippen LogP contribution is 2.31. The van der Waals surface area contributed by atoms with Crippen LogP contribution >= 0.6 is 39.1 Å². The van der Waals surface area contributed by atoms with E-state index in [2.05, 4.69) is 21.2 Å². The standard InChI is InChI=1S/C29H32BrCl2N3O4S/c1-4-20(2)33-29(37)27(16-21-9-6-5-7-10-21)34(18-22-11-8-12-23(30)15-22)28(36)19-35(40(3,38)39)26-14-13-24(31)17-25(26)32/h5-15,17,20,27H,4,16,18-19H2,1-3H3,(H,33,37)/t20-,27+/m1/s1. The van der Waals surface area contributed by atoms with E-state index in [-0.39, 0.29) is 35.6 Å². The van der Waals surface area contributed by atoms with Gasteiger partial charge in [0.2, 0.25) is 21.8 Å². The largest absolute Gasteiger partial charge is 0.352 e. The highest BCUT2D eigenvalue weighted by atomic mass is 79.9. The summed E-state index contributed by atoms with van der Waals surface area (Å²) in [5.74, 6) is -0.881. The molecule has 0 aliphatic rings. The molecular formula is C29H32BrCl2N3O4S. The molecule has 11 heteroatoms. The number of anilines is 1. The molecule has 0 unspecified atom stereocenters. The SMILES string of the molecule is CC[C@@H](C)NC(=O)[C@H](Cc1ccccc1)N(Cc1cccc(Br)c1)C(=O)CN(c1ccc(Cl)cc1Cl)S(C)(=O)=O. The first kappa shape index (κ1) is 31.9. The van der Waals surface area contributed by atoms with Crippen molar-refractivity contribution in [1.82, 2.24) is 10.2 Å². The second-order valence-corrected chi connectivity index (χ2v) is 13.2. The molecule has 0 saturated carbocycles. The zero-order chi connectivity index (χ0) is 29.4. The summed E-state index contributed by atoms with van der Waals surface area (Å²) < 4.78 is 27.5. The molecule has 2 atom stereocenters. The van der Waals surface area contributed by atoms with Crippen molar-refractivity contribution in [2.75, 3.05) is 17.1 Å². The topological polar surface area (TPSA) is 86.8 Å². The second kappa shape index (κ2) is 14.3. The Hall–Kier alpha value is -2.59. The number of nitrogens with zero attached hydrogens (tertiary/aromatic N) is 2. The molecule has 1 N–H and O–H groups in total. The smallest absolute Gasteiger partial charge is 0.244 e. The molecule has 214 valence electrons. The summed E-state index contributed by atoms with van der Waals surface area (Å²) in [4.78, 5) is 29.2. The summed E-state index contributed by atoms with van der Waals surface area (Å²) in [7, 11) is -3.94. The van der Waals surface area contributed by atoms with Gasteiger partial charge >= 0.3 is 0 Å². The normalized spacial score (nSPS) is 12.8. The lowest BCUT2D eigenvalue weighted by Gasteiger charge is -2.34. The van der Waals surface area contributed by atoms with Crippen LogP contribution in [0, 0.1) is 0 Å². The first-order chi connectivity index (χ1) is 18.9. The van der Waals surface area contributed by atoms with Gasteiger partial charge in [-0.25, -0.2) is 8.42 Å². The lowest BCUT2D eigenvalue weighted by atomic mass is 10.0. The van der Waals surface area contributed by atoms with Crippen molar-refractivity contribution in [2.45, 2.75) is 45.3 Å². The molecule has 0 aliphatic carbocycles. The number of benzene rings is 3. The van der Waals surface area contributed by atoms with Gasteiger partial charge in [0, 0.05) is 28.5 Å². The maximum absolute atomic E-state index is 14.1. The van der Waals surface area contributed by atoms with E-state index in [4.69, 9.17) is 23.2 Å². The lowest BCUT2D eigenvalue weighted by molar-refractivity contribution is -0.140. The Morgan fingerprint density at radius 3 is 2.25 bits per heavy atom. The minimum atomic E-state index is -3.94. The Bertz CT molecular complexity index is 1440. The van der Waals surface area contributed by atoms with Crippen molar-refractivity contribution in [1.29, 1.82) is 0 Å². The zero-order valence-electron chi connectivity index (χ0n) is 22.5. The summed E-state index contributed by atoms with van der Waals surface area (Å²) in [5, 5.41) is 3.41. The molecule has 3 rings (SSSR count). The molecule has 40 heavy (non-hydrogen) atoms. The van der Waals surface area contributed by atoms with Gasteiger partial charge in [-0.3, -0.25) is 13.9 Å². The fraction of sp³-hybridized carbons (Fsp3) is 0.310. The van der Waals surface area contributed by atoms with Crippen LogP contribution in [0.15, 0.2) is 77.3 Å². The fourth-order valence-corrected chi connectivity index (χ4v) is 5.97. The molecule has 7 nitrogen and oxygen atoms in total. The maximum Gasteiger partial charge on any atom is 0.244 e. The van der Waals surface area contributed by atoms with Gasteiger partial charge in [0.15, 0.2) is 0 Å². The molecule has 0 heterocycles. The van der Waals surface area contributed by atoms with E-state index < -0.39 is 28.5 Å². The molecule has 2 amide bonds. The average molecular weight is 669 g/mol. The van der Waals surface area contributed by atoms with Crippen LogP contribution in [0.4, 0.5) is 5.69 Å². The molecule has 3 aromatic carbocycles. The number of halogens is 3. The Labute approximate surface area is 254 Å². The minimum Gasteiger partial charge on any atom is -0.352 e. The Kier molecular flexibility index (Phi) is 11.5. The van der Waals surface area contributed by atoms with Crippen LogP contribution in [0.3, 0.4) is 0 Å². The van der Waals surface area contributed by atoms with Crippen LogP contribution in [0.1, 0.15) is 31.4 Å². The van der Waals surface area contributed by atoms with Crippen LogP contribution < -0.4 is 9.62 Å². The van der Waals surface area contributed by atoms with Gasteiger partial charge in [0.1, 0.15) is 12.6 Å². The zero-order valence-corrected chi connectivity index (χ0v) is 26.4. The Morgan fingerprint density at radius 2 is 1.65 bits per heavy atom. The van der Waals surface area contributed by atoms with E-state index in [1.807, 2.05) is 68.4 Å². The second-order valence-electron chi connectivity index (χ2n) is 9.54. The number of sulfonamides is 1. The van der Waals surface area contributed by atoms with Crippen molar-refractivity contribution < 1.29 is 18.0 Å². The highest BCUT2D eigenvalue weighted by Gasteiger charge is 2.34. The summed E-state index contributed by atoms with van der Waals surface area (Å²) in [6.45, 7) is 3.37. The van der Waals surface area contributed by atoms with Gasteiger partial charge in [-0.2, -0.15) is 0 Å². The van der Waals surface area contributed by atoms with Crippen LogP contribution in [-0.4, -0.2) is 50.0 Å². The van der Waals surface area contributed by atoms with E-state index >= 15 is 0 Å². The first-order valence-electron chi connectivity index (χ1n) is 12.7. The van der Waals surface area contributed by atoms with Crippen molar-refractivity contribution in [3.8, 4) is 0 Å². The van der Waals surface area contributed by atoms with Gasteiger partial charge in [0.05, 0.1) is 17.0 Å². The third kappa shape index (κ3) is 8.96. The molecule has 0 radical (unpaired) electrons. The van der Waals surface area contributed by atoms with Crippen LogP contribution in [0.2, 0.25) is 10.0 Å². The predicted octanol–water partition coefficient (Wildman–Crippen LogP) is 6.08. The molecule has 3 aromatic rings. The number of amides is 2. The molecule has 0 aromatic heterocycles. The maximum atomic E-state index is 14.1. The van der Waals surface area contributed by atoms with E-state index in [9.17, 15) is 18.0 Å². The number of carbonyl (C=O) groups is 2. The van der Waals surface area contributed by atoms with Crippen molar-refractivity contribution in [3.63, 3.8) is 0 Å². The van der Waals surface area contributed by atoms with E-state index in [1.54, 1.807) is 0 Å². The van der Waals surface area contributed by atoms with Crippen molar-refractivity contribution in [3.05, 3.63) is 98.4 Å². The average Bonchev–Trinajstić information content (AvgIpc) is 2.89. The quantitative estimate of drug-likeness (QED) is 0.254. The summed E-state index contributed by atoms with van der Waals surface area (Å²) in [5.41, 5.74) is 1.75. The molecule has 0 bridgehead atoms. The summed E-state index contributed by atoms with van der Waals surface area (Å²) >= 11 is 15.8. The monoisotopic (exact) mass is 667 g/mol. The number of nitrogens with one attached hydrogen (secondary N) is 1. The fourth-order valence-electron chi connectivity index (χ4n) is 4.11. The van der Waals surface area contributed by atoms with Gasteiger partial charge in [-0.15, -0.1) is 0 Å². The first-order valence-corrected chi connectivity index (χ1v) is 16.1. The number of hydrogen-bond acceptors (Lipinski definition) is 4. The number of hydrogen-bond donors (Lipinski definition) is 1. The van der Waals surface area contributed by atoms with Crippen molar-refractivity contribution >= 4 is 66.7 Å². The molecule has 0 saturated heterocycles. The van der Waals surface area contributed by atoms with Crippen LogP contribution in [-0.2, 0) is 32.6 Å². The van der Waals surface area contributed by atoms with Gasteiger partial charge in [-0.1, -0.05) is 88.5 Å². The highest BCUT2D eigenvalue weighted by molar-refractivity contribution is 9.10. The van der Waals surface area contributed by atoms with Crippen LogP contribution in [0.5, 0.6) is 0 Å². The summed E-state index contributed by atoms with van der Waals surface area (Å²) in [6, 6.07) is 20.1. The third-order valence-corrected chi connectivity index (χ3v) is 8.53. The van der Waals surface area contributed by atoms with E-state index in [0.29, 0.717) is 11.4 Å². The Balaban J connectivity index is 2.08. The lowest BCUT2D eigenvalue weighted by Crippen LogP contribution is -2.54. The Morgan fingerprint density at radius 1 is 0.975 bits per heavy atom. The molecular weight excluding hydrogens is 637 g/mol. The molecule has 0 fully saturated rings. The molecule has 0 spiro atoms. The predicted molar refractivity (Wildman–Crippen MR) is 165 cm³/mol. The van der Waals surface area contributed by atoms with E-state index in [0.717, 1.165) is 26.2 Å². The van der Waals surface area contributed by atoms with Gasteiger partial charge in [0.25, 0.3) is 0 Å². The van der Waals surface area contributed by atoms with E-state index in [1.165, 1.54) is 23.1 Å². The van der Waals surface area contributed by atoms with Gasteiger partial charge in [-0.05, 0) is 54.8 Å². The molecule has 0 aliphatic heterocycles.